The van der Waals surface area contributed by atoms with Crippen molar-refractivity contribution in [2.45, 2.75) is 13.1 Å². The Kier molecular flexibility index (Phi) is 5.84. The second kappa shape index (κ2) is 7.17. The van der Waals surface area contributed by atoms with E-state index in [2.05, 4.69) is 21.9 Å². The van der Waals surface area contributed by atoms with Gasteiger partial charge in [0.15, 0.2) is 0 Å². The molecule has 0 saturated carbocycles. The van der Waals surface area contributed by atoms with Crippen LogP contribution in [0.15, 0.2) is 48.8 Å². The minimum Gasteiger partial charge on any atom is -0.295 e. The quantitative estimate of drug-likeness (QED) is 0.801. The van der Waals surface area contributed by atoms with Crippen LogP contribution in [0.4, 0.5) is 0 Å². The molecule has 4 heteroatoms. The Morgan fingerprint density at radius 1 is 0.882 bits per heavy atom. The number of hydrogen-bond acceptors (Lipinski definition) is 3. The molecule has 17 heavy (non-hydrogen) atoms. The van der Waals surface area contributed by atoms with Crippen molar-refractivity contribution in [3.05, 3.63) is 60.2 Å². The molecule has 0 saturated heterocycles. The van der Waals surface area contributed by atoms with Gasteiger partial charge in [0.05, 0.1) is 11.4 Å². The van der Waals surface area contributed by atoms with E-state index in [0.29, 0.717) is 0 Å². The molecule has 93 valence electrons. The third-order valence-corrected chi connectivity index (χ3v) is 2.32. The Bertz CT molecular complexity index is 378. The summed E-state index contributed by atoms with van der Waals surface area (Å²) < 4.78 is 0. The summed E-state index contributed by atoms with van der Waals surface area (Å²) in [6, 6.07) is 12.0. The Morgan fingerprint density at radius 2 is 1.35 bits per heavy atom. The van der Waals surface area contributed by atoms with Crippen LogP contribution in [0.5, 0.6) is 0 Å². The Morgan fingerprint density at radius 3 is 1.71 bits per heavy atom. The van der Waals surface area contributed by atoms with Crippen LogP contribution in [0.25, 0.3) is 0 Å². The summed E-state index contributed by atoms with van der Waals surface area (Å²) in [4.78, 5) is 10.8. The standard InChI is InChI=1S/C13H15N3.Cu/c1-16(10-12-6-2-4-8-14-12)11-13-7-3-5-9-15-13;/h2-9H,10-11H2,1H3;/i;1+0. The van der Waals surface area contributed by atoms with E-state index in [9.17, 15) is 0 Å². The molecule has 0 N–H and O–H groups in total. The van der Waals surface area contributed by atoms with Crippen LogP contribution < -0.4 is 0 Å². The number of pyridine rings is 2. The largest absolute Gasteiger partial charge is 0.295 e. The van der Waals surface area contributed by atoms with Gasteiger partial charge in [-0.15, -0.1) is 0 Å². The molecule has 0 bridgehead atoms. The molecule has 2 aromatic rings. The molecule has 0 unspecified atom stereocenters. The maximum atomic E-state index is 4.30. The fourth-order valence-electron chi connectivity index (χ4n) is 1.59. The molecule has 0 spiro atoms. The van der Waals surface area contributed by atoms with Crippen LogP contribution in [-0.4, -0.2) is 21.9 Å². The molecule has 2 aromatic heterocycles. The topological polar surface area (TPSA) is 29.0 Å². The molecule has 3 nitrogen and oxygen atoms in total. The molecule has 2 rings (SSSR count). The zero-order chi connectivity index (χ0) is 11.2. The first kappa shape index (κ1) is 13.8. The maximum Gasteiger partial charge on any atom is 0.0543 e. The van der Waals surface area contributed by atoms with Crippen LogP contribution in [0, 0.1) is 0 Å². The number of nitrogens with zero attached hydrogens (tertiary/aromatic N) is 3. The van der Waals surface area contributed by atoms with E-state index in [1.165, 1.54) is 0 Å². The third-order valence-electron chi connectivity index (χ3n) is 2.32. The van der Waals surface area contributed by atoms with E-state index in [-0.39, 0.29) is 17.1 Å². The zero-order valence-electron chi connectivity index (χ0n) is 9.68. The van der Waals surface area contributed by atoms with Gasteiger partial charge in [-0.3, -0.25) is 14.9 Å². The predicted molar refractivity (Wildman–Crippen MR) is 63.6 cm³/mol. The van der Waals surface area contributed by atoms with Gasteiger partial charge in [0.1, 0.15) is 0 Å². The molecule has 0 atom stereocenters. The smallest absolute Gasteiger partial charge is 0.0543 e. The van der Waals surface area contributed by atoms with Crippen LogP contribution in [0.2, 0.25) is 0 Å². The van der Waals surface area contributed by atoms with Crippen molar-refractivity contribution < 1.29 is 17.1 Å². The van der Waals surface area contributed by atoms with Crippen molar-refractivity contribution in [1.29, 1.82) is 0 Å². The Balaban J connectivity index is 0.00000144. The van der Waals surface area contributed by atoms with Gasteiger partial charge < -0.3 is 0 Å². The first-order valence-corrected chi connectivity index (χ1v) is 5.33. The molecule has 0 aliphatic rings. The zero-order valence-corrected chi connectivity index (χ0v) is 10.6. The van der Waals surface area contributed by atoms with Gasteiger partial charge in [-0.2, -0.15) is 0 Å². The summed E-state index contributed by atoms with van der Waals surface area (Å²) >= 11 is 0. The number of rotatable bonds is 4. The molecular formula is C13H15CuN3. The molecule has 2 heterocycles. The molecule has 0 aliphatic carbocycles. The number of hydrogen-bond donors (Lipinski definition) is 0. The SMILES string of the molecule is CN(Cc1ccccn1)Cc1ccccn1.[64Cu]. The van der Waals surface area contributed by atoms with E-state index < -0.39 is 0 Å². The summed E-state index contributed by atoms with van der Waals surface area (Å²) in [6.07, 6.45) is 3.65. The molecule has 0 fully saturated rings. The maximum absolute atomic E-state index is 4.30. The average Bonchev–Trinajstić information content (AvgIpc) is 2.31. The van der Waals surface area contributed by atoms with Gasteiger partial charge in [0, 0.05) is 42.6 Å². The fraction of sp³-hybridized carbons (Fsp3) is 0.231. The van der Waals surface area contributed by atoms with Crippen molar-refractivity contribution in [1.82, 2.24) is 14.9 Å². The molecule has 0 aromatic carbocycles. The summed E-state index contributed by atoms with van der Waals surface area (Å²) in [5.41, 5.74) is 2.17. The normalized spacial score (nSPS) is 10.0. The predicted octanol–water partition coefficient (Wildman–Crippen LogP) is 2.11. The van der Waals surface area contributed by atoms with E-state index >= 15 is 0 Å². The second-order valence-corrected chi connectivity index (χ2v) is 3.81. The van der Waals surface area contributed by atoms with E-state index in [1.807, 2.05) is 48.8 Å². The first-order chi connectivity index (χ1) is 7.84. The third kappa shape index (κ3) is 4.65. The van der Waals surface area contributed by atoms with Crippen LogP contribution in [0.1, 0.15) is 11.4 Å². The van der Waals surface area contributed by atoms with Crippen molar-refractivity contribution in [2.75, 3.05) is 7.05 Å². The van der Waals surface area contributed by atoms with E-state index in [1.54, 1.807) is 0 Å². The van der Waals surface area contributed by atoms with Gasteiger partial charge >= 0.3 is 0 Å². The Hall–Kier alpha value is -1.22. The average molecular weight is 277 g/mol. The number of aromatic nitrogens is 2. The summed E-state index contributed by atoms with van der Waals surface area (Å²) in [5.74, 6) is 0. The van der Waals surface area contributed by atoms with Gasteiger partial charge in [0.2, 0.25) is 0 Å². The molecule has 0 amide bonds. The van der Waals surface area contributed by atoms with Gasteiger partial charge in [-0.25, -0.2) is 0 Å². The summed E-state index contributed by atoms with van der Waals surface area (Å²) in [5, 5.41) is 0. The van der Waals surface area contributed by atoms with Crippen LogP contribution in [-0.2, 0) is 30.2 Å². The van der Waals surface area contributed by atoms with Crippen molar-refractivity contribution in [3.8, 4) is 0 Å². The van der Waals surface area contributed by atoms with Crippen molar-refractivity contribution in [3.63, 3.8) is 0 Å². The monoisotopic (exact) mass is 277 g/mol. The van der Waals surface area contributed by atoms with E-state index in [0.717, 1.165) is 24.5 Å². The Labute approximate surface area is 112 Å². The van der Waals surface area contributed by atoms with Crippen LogP contribution in [0.3, 0.4) is 0 Å². The second-order valence-electron chi connectivity index (χ2n) is 3.81. The van der Waals surface area contributed by atoms with Gasteiger partial charge in [-0.1, -0.05) is 12.1 Å². The molecule has 0 aliphatic heterocycles. The molecule has 1 radical (unpaired) electrons. The summed E-state index contributed by atoms with van der Waals surface area (Å²) in [6.45, 7) is 1.69. The van der Waals surface area contributed by atoms with Crippen molar-refractivity contribution in [2.24, 2.45) is 0 Å². The van der Waals surface area contributed by atoms with Gasteiger partial charge in [0.25, 0.3) is 0 Å². The van der Waals surface area contributed by atoms with Crippen LogP contribution >= 0.6 is 0 Å². The minimum absolute atomic E-state index is 0. The first-order valence-electron chi connectivity index (χ1n) is 5.33. The van der Waals surface area contributed by atoms with Gasteiger partial charge in [-0.05, 0) is 31.3 Å². The van der Waals surface area contributed by atoms with E-state index in [4.69, 9.17) is 0 Å². The fourth-order valence-corrected chi connectivity index (χ4v) is 1.59. The summed E-state index contributed by atoms with van der Waals surface area (Å²) in [7, 11) is 2.07. The van der Waals surface area contributed by atoms with Crippen molar-refractivity contribution >= 4 is 0 Å². The minimum atomic E-state index is 0. The molecular weight excluding hydrogens is 262 g/mol.